The maximum absolute atomic E-state index is 13.3. The van der Waals surface area contributed by atoms with Gasteiger partial charge in [0.05, 0.1) is 22.7 Å². The average Bonchev–Trinajstić information content (AvgIpc) is 3.16. The van der Waals surface area contributed by atoms with E-state index < -0.39 is 11.2 Å². The summed E-state index contributed by atoms with van der Waals surface area (Å²) in [5.41, 5.74) is 4.46. The second-order valence-electron chi connectivity index (χ2n) is 10.9. The molecule has 5 rings (SSSR count). The van der Waals surface area contributed by atoms with Crippen molar-refractivity contribution in [3.8, 4) is 11.1 Å². The molecule has 1 amide bonds. The van der Waals surface area contributed by atoms with Crippen LogP contribution in [0.1, 0.15) is 56.6 Å². The average molecular weight is 498 g/mol. The fraction of sp³-hybridized carbons (Fsp3) is 0.355. The predicted molar refractivity (Wildman–Crippen MR) is 146 cm³/mol. The molecule has 192 valence electrons. The lowest BCUT2D eigenvalue weighted by Crippen LogP contribution is -2.51. The third-order valence-electron chi connectivity index (χ3n) is 7.59. The van der Waals surface area contributed by atoms with E-state index in [0.717, 1.165) is 39.1 Å². The summed E-state index contributed by atoms with van der Waals surface area (Å²) in [4.78, 5) is 19.8. The number of cyclic esters (lactones) is 1. The largest absolute Gasteiger partial charge is 0.438 e. The van der Waals surface area contributed by atoms with Crippen molar-refractivity contribution in [2.75, 3.05) is 6.54 Å². The fourth-order valence-corrected chi connectivity index (χ4v) is 5.53. The minimum Gasteiger partial charge on any atom is -0.438 e. The summed E-state index contributed by atoms with van der Waals surface area (Å²) in [6, 6.07) is 24.3. The van der Waals surface area contributed by atoms with Crippen molar-refractivity contribution < 1.29 is 14.6 Å². The number of hydrogen-bond acceptors (Lipinski definition) is 4. The van der Waals surface area contributed by atoms with Gasteiger partial charge in [-0.25, -0.2) is 9.78 Å². The third kappa shape index (κ3) is 4.86. The number of rotatable bonds is 6. The van der Waals surface area contributed by atoms with E-state index in [9.17, 15) is 9.90 Å². The lowest BCUT2D eigenvalue weighted by Gasteiger charge is -2.45. The Labute approximate surface area is 218 Å². The van der Waals surface area contributed by atoms with Crippen LogP contribution >= 0.6 is 0 Å². The Morgan fingerprint density at radius 1 is 1.05 bits per heavy atom. The van der Waals surface area contributed by atoms with Gasteiger partial charge in [-0.15, -0.1) is 0 Å². The molecule has 3 aromatic carbocycles. The number of hydrogen-bond donors (Lipinski definition) is 1. The summed E-state index contributed by atoms with van der Waals surface area (Å²) in [5, 5.41) is 10.6. The van der Waals surface area contributed by atoms with Crippen molar-refractivity contribution >= 4 is 17.1 Å². The maximum Gasteiger partial charge on any atom is 0.411 e. The lowest BCUT2D eigenvalue weighted by atomic mass is 9.80. The number of carbonyl (C=O) groups is 1. The highest BCUT2D eigenvalue weighted by Gasteiger charge is 2.46. The highest BCUT2D eigenvalue weighted by molar-refractivity contribution is 5.82. The number of aryl methyl sites for hydroxylation is 2. The van der Waals surface area contributed by atoms with Gasteiger partial charge in [-0.05, 0) is 62.1 Å². The van der Waals surface area contributed by atoms with Crippen LogP contribution in [0.15, 0.2) is 72.8 Å². The van der Waals surface area contributed by atoms with Crippen LogP contribution in [-0.2, 0) is 17.4 Å². The van der Waals surface area contributed by atoms with Crippen LogP contribution in [0.5, 0.6) is 0 Å². The molecule has 6 heteroatoms. The molecule has 2 heterocycles. The van der Waals surface area contributed by atoms with Crippen LogP contribution < -0.4 is 0 Å². The van der Waals surface area contributed by atoms with E-state index >= 15 is 0 Å². The number of imidazole rings is 1. The highest BCUT2D eigenvalue weighted by Crippen LogP contribution is 2.42. The maximum atomic E-state index is 13.3. The van der Waals surface area contributed by atoms with Crippen molar-refractivity contribution in [3.05, 3.63) is 89.7 Å². The minimum absolute atomic E-state index is 0.140. The van der Waals surface area contributed by atoms with Gasteiger partial charge in [-0.1, -0.05) is 60.7 Å². The predicted octanol–water partition coefficient (Wildman–Crippen LogP) is 6.51. The molecule has 0 unspecified atom stereocenters. The molecule has 1 N–H and O–H groups in total. The second kappa shape index (κ2) is 9.34. The zero-order valence-electron chi connectivity index (χ0n) is 22.2. The van der Waals surface area contributed by atoms with Crippen LogP contribution in [0, 0.1) is 6.92 Å². The van der Waals surface area contributed by atoms with E-state index in [2.05, 4.69) is 52.0 Å². The topological polar surface area (TPSA) is 67.6 Å². The summed E-state index contributed by atoms with van der Waals surface area (Å²) < 4.78 is 8.25. The summed E-state index contributed by atoms with van der Waals surface area (Å²) >= 11 is 0. The Balaban J connectivity index is 1.35. The number of benzene rings is 3. The van der Waals surface area contributed by atoms with E-state index in [1.54, 1.807) is 18.7 Å². The molecular formula is C31H35N3O3. The molecule has 1 fully saturated rings. The van der Waals surface area contributed by atoms with Gasteiger partial charge in [0, 0.05) is 26.4 Å². The Morgan fingerprint density at radius 3 is 2.38 bits per heavy atom. The van der Waals surface area contributed by atoms with Crippen LogP contribution in [0.25, 0.3) is 22.2 Å². The number of carbonyl (C=O) groups excluding carboxylic acids is 1. The quantitative estimate of drug-likeness (QED) is 0.330. The van der Waals surface area contributed by atoms with Crippen molar-refractivity contribution in [1.29, 1.82) is 0 Å². The molecule has 6 nitrogen and oxygen atoms in total. The third-order valence-corrected chi connectivity index (χ3v) is 7.59. The summed E-state index contributed by atoms with van der Waals surface area (Å²) in [6.45, 7) is 8.10. The molecule has 1 saturated heterocycles. The van der Waals surface area contributed by atoms with Crippen molar-refractivity contribution in [2.24, 2.45) is 7.05 Å². The summed E-state index contributed by atoms with van der Waals surface area (Å²) in [5.74, 6) is 0.989. The number of amides is 1. The van der Waals surface area contributed by atoms with Gasteiger partial charge < -0.3 is 19.3 Å². The molecule has 0 saturated carbocycles. The second-order valence-corrected chi connectivity index (χ2v) is 10.9. The first kappa shape index (κ1) is 25.0. The molecule has 0 radical (unpaired) electrons. The van der Waals surface area contributed by atoms with Gasteiger partial charge >= 0.3 is 6.09 Å². The molecule has 1 aliphatic heterocycles. The molecule has 0 spiro atoms. The minimum atomic E-state index is -0.975. The Hall–Kier alpha value is -3.64. The molecule has 0 aliphatic carbocycles. The Bertz CT molecular complexity index is 1420. The first-order chi connectivity index (χ1) is 17.6. The number of ether oxygens (including phenoxy) is 1. The molecule has 2 atom stereocenters. The normalized spacial score (nSPS) is 19.2. The monoisotopic (exact) mass is 497 g/mol. The Morgan fingerprint density at radius 2 is 1.73 bits per heavy atom. The summed E-state index contributed by atoms with van der Waals surface area (Å²) in [7, 11) is 2.03. The van der Waals surface area contributed by atoms with Crippen LogP contribution in [0.3, 0.4) is 0 Å². The molecule has 1 aromatic heterocycles. The molecular weight excluding hydrogens is 462 g/mol. The molecule has 37 heavy (non-hydrogen) atoms. The lowest BCUT2D eigenvalue weighted by molar-refractivity contribution is -0.101. The Kier molecular flexibility index (Phi) is 6.32. The summed E-state index contributed by atoms with van der Waals surface area (Å²) in [6.07, 6.45) is 0.595. The van der Waals surface area contributed by atoms with E-state index in [-0.39, 0.29) is 12.1 Å². The number of aromatic nitrogens is 2. The van der Waals surface area contributed by atoms with Crippen molar-refractivity contribution in [1.82, 2.24) is 14.5 Å². The van der Waals surface area contributed by atoms with Crippen LogP contribution in [0.4, 0.5) is 4.79 Å². The number of nitrogens with zero attached hydrogens (tertiary/aromatic N) is 3. The fourth-order valence-electron chi connectivity index (χ4n) is 5.53. The zero-order valence-corrected chi connectivity index (χ0v) is 22.2. The van der Waals surface area contributed by atoms with Gasteiger partial charge in [-0.2, -0.15) is 0 Å². The molecule has 0 bridgehead atoms. The molecule has 1 aliphatic rings. The first-order valence-electron chi connectivity index (χ1n) is 12.9. The van der Waals surface area contributed by atoms with E-state index in [1.165, 1.54) is 0 Å². The van der Waals surface area contributed by atoms with E-state index in [4.69, 9.17) is 4.74 Å². The van der Waals surface area contributed by atoms with Gasteiger partial charge in [0.1, 0.15) is 11.4 Å². The van der Waals surface area contributed by atoms with Gasteiger partial charge in [0.25, 0.3) is 0 Å². The standard InChI is InChI=1S/C31H35N3O3/c1-21(23-11-13-24(14-12-23)25-15-16-28-27(19-25)32-22(2)33(28)5)34-18-17-31(37-29(34)35,20-30(3,4)36)26-9-7-6-8-10-26/h6-16,19,21,36H,17-18,20H2,1-5H3/t21-,31-/m0/s1. The van der Waals surface area contributed by atoms with Gasteiger partial charge in [-0.3, -0.25) is 0 Å². The smallest absolute Gasteiger partial charge is 0.411 e. The molecule has 4 aromatic rings. The van der Waals surface area contributed by atoms with Crippen molar-refractivity contribution in [2.45, 2.75) is 57.8 Å². The van der Waals surface area contributed by atoms with Gasteiger partial charge in [0.15, 0.2) is 0 Å². The van der Waals surface area contributed by atoms with Crippen LogP contribution in [-0.4, -0.2) is 37.8 Å². The van der Waals surface area contributed by atoms with E-state index in [0.29, 0.717) is 19.4 Å². The van der Waals surface area contributed by atoms with Crippen molar-refractivity contribution in [3.63, 3.8) is 0 Å². The number of aliphatic hydroxyl groups is 1. The van der Waals surface area contributed by atoms with Gasteiger partial charge in [0.2, 0.25) is 0 Å². The zero-order chi connectivity index (χ0) is 26.4. The van der Waals surface area contributed by atoms with Crippen LogP contribution in [0.2, 0.25) is 0 Å². The van der Waals surface area contributed by atoms with E-state index in [1.807, 2.05) is 51.2 Å². The number of fused-ring (bicyclic) bond motifs is 1. The SMILES string of the molecule is Cc1nc2cc(-c3ccc([C@H](C)N4CC[C@](CC(C)(C)O)(c5ccccc5)OC4=O)cc3)ccc2n1C. The first-order valence-corrected chi connectivity index (χ1v) is 12.9. The highest BCUT2D eigenvalue weighted by atomic mass is 16.6.